The van der Waals surface area contributed by atoms with Crippen LogP contribution in [0.3, 0.4) is 0 Å². The molecular weight excluding hydrogens is 296 g/mol. The third-order valence-corrected chi connectivity index (χ3v) is 4.40. The molecule has 0 aromatic heterocycles. The summed E-state index contributed by atoms with van der Waals surface area (Å²) in [7, 11) is 0. The van der Waals surface area contributed by atoms with Crippen LogP contribution in [0.1, 0.15) is 42.4 Å². The molecule has 0 aliphatic carbocycles. The molecule has 1 atom stereocenters. The molecule has 0 spiro atoms. The van der Waals surface area contributed by atoms with Crippen LogP contribution in [0.5, 0.6) is 0 Å². The minimum atomic E-state index is 0.197. The van der Waals surface area contributed by atoms with Crippen LogP contribution < -0.4 is 5.73 Å². The lowest BCUT2D eigenvalue weighted by Gasteiger charge is -2.25. The quantitative estimate of drug-likeness (QED) is 0.801. The van der Waals surface area contributed by atoms with Gasteiger partial charge in [-0.05, 0) is 42.5 Å². The molecule has 1 unspecified atom stereocenters. The van der Waals surface area contributed by atoms with E-state index >= 15 is 0 Å². The first-order chi connectivity index (χ1) is 11.6. The van der Waals surface area contributed by atoms with Gasteiger partial charge in [-0.3, -0.25) is 4.79 Å². The predicted octanol–water partition coefficient (Wildman–Crippen LogP) is 3.87. The highest BCUT2D eigenvalue weighted by molar-refractivity contribution is 5.77. The predicted molar refractivity (Wildman–Crippen MR) is 99.7 cm³/mol. The van der Waals surface area contributed by atoms with E-state index in [1.807, 2.05) is 35.2 Å². The Hall–Kier alpha value is -2.13. The molecule has 3 nitrogen and oxygen atoms in total. The SMILES string of the molecule is Cc1ccccc1C(C)CC(=O)N(CCCN)Cc1ccccc1. The highest BCUT2D eigenvalue weighted by Crippen LogP contribution is 2.23. The van der Waals surface area contributed by atoms with Gasteiger partial charge in [-0.25, -0.2) is 0 Å². The van der Waals surface area contributed by atoms with Crippen molar-refractivity contribution in [3.05, 3.63) is 71.3 Å². The van der Waals surface area contributed by atoms with Crippen molar-refractivity contribution in [2.24, 2.45) is 5.73 Å². The highest BCUT2D eigenvalue weighted by Gasteiger charge is 2.18. The lowest BCUT2D eigenvalue weighted by molar-refractivity contribution is -0.132. The first-order valence-electron chi connectivity index (χ1n) is 8.69. The van der Waals surface area contributed by atoms with Crippen LogP contribution >= 0.6 is 0 Å². The van der Waals surface area contributed by atoms with Crippen molar-refractivity contribution < 1.29 is 4.79 Å². The number of amides is 1. The molecular formula is C21H28N2O. The van der Waals surface area contributed by atoms with Crippen LogP contribution in [0.25, 0.3) is 0 Å². The first kappa shape index (κ1) is 18.2. The van der Waals surface area contributed by atoms with Gasteiger partial charge in [0.2, 0.25) is 5.91 Å². The zero-order valence-electron chi connectivity index (χ0n) is 14.7. The minimum absolute atomic E-state index is 0.197. The van der Waals surface area contributed by atoms with Gasteiger partial charge in [0.25, 0.3) is 0 Å². The fraction of sp³-hybridized carbons (Fsp3) is 0.381. The van der Waals surface area contributed by atoms with Gasteiger partial charge in [-0.1, -0.05) is 61.5 Å². The molecule has 0 heterocycles. The van der Waals surface area contributed by atoms with E-state index in [9.17, 15) is 4.79 Å². The average Bonchev–Trinajstić information content (AvgIpc) is 2.59. The molecule has 0 bridgehead atoms. The second-order valence-corrected chi connectivity index (χ2v) is 6.40. The van der Waals surface area contributed by atoms with Gasteiger partial charge in [0.15, 0.2) is 0 Å². The summed E-state index contributed by atoms with van der Waals surface area (Å²) >= 11 is 0. The number of benzene rings is 2. The van der Waals surface area contributed by atoms with Crippen molar-refractivity contribution >= 4 is 5.91 Å². The Balaban J connectivity index is 2.05. The summed E-state index contributed by atoms with van der Waals surface area (Å²) in [4.78, 5) is 14.8. The second kappa shape index (κ2) is 9.24. The van der Waals surface area contributed by atoms with E-state index < -0.39 is 0 Å². The van der Waals surface area contributed by atoms with E-state index in [4.69, 9.17) is 5.73 Å². The van der Waals surface area contributed by atoms with E-state index in [1.165, 1.54) is 11.1 Å². The van der Waals surface area contributed by atoms with E-state index in [1.54, 1.807) is 0 Å². The Kier molecular flexibility index (Phi) is 7.01. The van der Waals surface area contributed by atoms with Gasteiger partial charge in [0.05, 0.1) is 0 Å². The number of aryl methyl sites for hydroxylation is 1. The third-order valence-electron chi connectivity index (χ3n) is 4.40. The topological polar surface area (TPSA) is 46.3 Å². The molecule has 3 heteroatoms. The largest absolute Gasteiger partial charge is 0.338 e. The summed E-state index contributed by atoms with van der Waals surface area (Å²) in [5.74, 6) is 0.415. The Labute approximate surface area is 145 Å². The maximum absolute atomic E-state index is 12.8. The smallest absolute Gasteiger partial charge is 0.223 e. The number of nitrogens with two attached hydrogens (primary N) is 1. The lowest BCUT2D eigenvalue weighted by Crippen LogP contribution is -2.33. The van der Waals surface area contributed by atoms with Crippen molar-refractivity contribution in [2.45, 2.75) is 39.2 Å². The maximum Gasteiger partial charge on any atom is 0.223 e. The zero-order valence-corrected chi connectivity index (χ0v) is 14.7. The molecule has 0 saturated carbocycles. The third kappa shape index (κ3) is 5.20. The van der Waals surface area contributed by atoms with Crippen molar-refractivity contribution in [1.29, 1.82) is 0 Å². The van der Waals surface area contributed by atoms with E-state index in [0.717, 1.165) is 12.0 Å². The number of carbonyl (C=O) groups excluding carboxylic acids is 1. The molecule has 24 heavy (non-hydrogen) atoms. The molecule has 0 aliphatic rings. The molecule has 0 saturated heterocycles. The number of hydrogen-bond acceptors (Lipinski definition) is 2. The van der Waals surface area contributed by atoms with Gasteiger partial charge in [-0.15, -0.1) is 0 Å². The number of hydrogen-bond donors (Lipinski definition) is 1. The summed E-state index contributed by atoms with van der Waals surface area (Å²) in [6.07, 6.45) is 1.36. The van der Waals surface area contributed by atoms with Crippen LogP contribution in [-0.4, -0.2) is 23.9 Å². The molecule has 1 amide bonds. The van der Waals surface area contributed by atoms with Gasteiger partial charge < -0.3 is 10.6 Å². The highest BCUT2D eigenvalue weighted by atomic mass is 16.2. The number of carbonyl (C=O) groups is 1. The maximum atomic E-state index is 12.8. The van der Waals surface area contributed by atoms with Gasteiger partial charge in [-0.2, -0.15) is 0 Å². The minimum Gasteiger partial charge on any atom is -0.338 e. The average molecular weight is 324 g/mol. The summed E-state index contributed by atoms with van der Waals surface area (Å²) < 4.78 is 0. The second-order valence-electron chi connectivity index (χ2n) is 6.40. The number of rotatable bonds is 8. The first-order valence-corrected chi connectivity index (χ1v) is 8.69. The Morgan fingerprint density at radius 3 is 2.42 bits per heavy atom. The van der Waals surface area contributed by atoms with Gasteiger partial charge in [0, 0.05) is 19.5 Å². The number of nitrogens with zero attached hydrogens (tertiary/aromatic N) is 1. The Morgan fingerprint density at radius 1 is 1.08 bits per heavy atom. The molecule has 2 aromatic rings. The summed E-state index contributed by atoms with van der Waals surface area (Å²) in [5, 5.41) is 0. The van der Waals surface area contributed by atoms with Gasteiger partial charge >= 0.3 is 0 Å². The van der Waals surface area contributed by atoms with E-state index in [0.29, 0.717) is 26.1 Å². The molecule has 0 aliphatic heterocycles. The van der Waals surface area contributed by atoms with Crippen LogP contribution in [0.2, 0.25) is 0 Å². The summed E-state index contributed by atoms with van der Waals surface area (Å²) in [5.41, 5.74) is 9.30. The fourth-order valence-corrected chi connectivity index (χ4v) is 3.02. The van der Waals surface area contributed by atoms with E-state index in [2.05, 4.69) is 38.1 Å². The molecule has 0 fully saturated rings. The van der Waals surface area contributed by atoms with Crippen molar-refractivity contribution in [2.75, 3.05) is 13.1 Å². The Morgan fingerprint density at radius 2 is 1.75 bits per heavy atom. The standard InChI is InChI=1S/C21H28N2O/c1-17-9-6-7-12-20(17)18(2)15-21(24)23(14-8-13-22)16-19-10-4-3-5-11-19/h3-7,9-12,18H,8,13-16,22H2,1-2H3. The summed E-state index contributed by atoms with van der Waals surface area (Å²) in [6.45, 7) is 6.20. The lowest BCUT2D eigenvalue weighted by atomic mass is 9.93. The Bertz CT molecular complexity index is 639. The van der Waals surface area contributed by atoms with Crippen molar-refractivity contribution in [3.63, 3.8) is 0 Å². The molecule has 2 N–H and O–H groups in total. The zero-order chi connectivity index (χ0) is 17.4. The van der Waals surface area contributed by atoms with Crippen molar-refractivity contribution in [3.8, 4) is 0 Å². The van der Waals surface area contributed by atoms with Crippen LogP contribution in [0, 0.1) is 6.92 Å². The molecule has 2 rings (SSSR count). The van der Waals surface area contributed by atoms with Gasteiger partial charge in [0.1, 0.15) is 0 Å². The molecule has 0 radical (unpaired) electrons. The summed E-state index contributed by atoms with van der Waals surface area (Å²) in [6, 6.07) is 18.4. The fourth-order valence-electron chi connectivity index (χ4n) is 3.02. The van der Waals surface area contributed by atoms with Crippen LogP contribution in [-0.2, 0) is 11.3 Å². The van der Waals surface area contributed by atoms with Crippen LogP contribution in [0.4, 0.5) is 0 Å². The normalized spacial score (nSPS) is 12.0. The van der Waals surface area contributed by atoms with Crippen LogP contribution in [0.15, 0.2) is 54.6 Å². The molecule has 2 aromatic carbocycles. The monoisotopic (exact) mass is 324 g/mol. The van der Waals surface area contributed by atoms with E-state index in [-0.39, 0.29) is 11.8 Å². The molecule has 128 valence electrons. The van der Waals surface area contributed by atoms with Crippen molar-refractivity contribution in [1.82, 2.24) is 4.90 Å².